The maximum absolute atomic E-state index is 5.45. The minimum Gasteiger partial charge on any atom is -0.106 e. The molecule has 7 heavy (non-hydrogen) atoms. The first-order valence-electron chi connectivity index (χ1n) is 1.44. The van der Waals surface area contributed by atoms with E-state index in [1.165, 1.54) is 0 Å². The van der Waals surface area contributed by atoms with Crippen LogP contribution in [0.3, 0.4) is 0 Å². The first kappa shape index (κ1) is 8.47. The molecule has 0 aromatic heterocycles. The van der Waals surface area contributed by atoms with Gasteiger partial charge >= 0.3 is 0 Å². The lowest BCUT2D eigenvalue weighted by Crippen LogP contribution is -1.72. The summed E-state index contributed by atoms with van der Waals surface area (Å²) >= 11 is 14.8. The Balaban J connectivity index is 3.45. The van der Waals surface area contributed by atoms with Crippen LogP contribution in [0.15, 0.2) is 9.47 Å². The van der Waals surface area contributed by atoms with E-state index in [1.54, 1.807) is 6.08 Å². The average Bonchev–Trinajstić information content (AvgIpc) is 1.27. The summed E-state index contributed by atoms with van der Waals surface area (Å²) in [6, 6.07) is 0. The van der Waals surface area contributed by atoms with Gasteiger partial charge in [0.05, 0.1) is 3.39 Å². The average molecular weight is 313 g/mol. The predicted molar refractivity (Wildman–Crippen MR) is 44.5 cm³/mol. The lowest BCUT2D eigenvalue weighted by molar-refractivity contribution is 1.69. The minimum absolute atomic E-state index is 0.0961. The van der Waals surface area contributed by atoms with Crippen LogP contribution in [0, 0.1) is 0 Å². The summed E-state index contributed by atoms with van der Waals surface area (Å²) in [7, 11) is 0. The van der Waals surface area contributed by atoms with Crippen molar-refractivity contribution in [2.45, 2.75) is 4.29 Å². The molecule has 0 saturated heterocycles. The van der Waals surface area contributed by atoms with Crippen molar-refractivity contribution >= 4 is 59.4 Å². The van der Waals surface area contributed by atoms with Crippen molar-refractivity contribution in [2.24, 2.45) is 0 Å². The van der Waals surface area contributed by atoms with Gasteiger partial charge < -0.3 is 0 Å². The summed E-state index contributed by atoms with van der Waals surface area (Å²) in [6.45, 7) is 0. The van der Waals surface area contributed by atoms with E-state index in [0.717, 1.165) is 3.39 Å². The van der Waals surface area contributed by atoms with Gasteiger partial charge in [0.2, 0.25) is 0 Å². The van der Waals surface area contributed by atoms with Crippen LogP contribution in [-0.2, 0) is 0 Å². The topological polar surface area (TPSA) is 0 Å². The molecule has 0 aliphatic heterocycles. The Hall–Kier alpha value is 1.47. The number of allylic oxidation sites excluding steroid dienone is 1. The van der Waals surface area contributed by atoms with E-state index in [4.69, 9.17) is 11.6 Å². The maximum Gasteiger partial charge on any atom is 0.108 e. The zero-order chi connectivity index (χ0) is 5.86. The molecule has 0 nitrogen and oxygen atoms in total. The van der Waals surface area contributed by atoms with Crippen molar-refractivity contribution in [3.8, 4) is 0 Å². The molecule has 0 aromatic carbocycles. The van der Waals surface area contributed by atoms with E-state index in [-0.39, 0.29) is 4.29 Å². The Kier molecular flexibility index (Phi) is 5.27. The molecular formula is C3H2Br3Cl. The number of halogens is 4. The number of hydrogen-bond acceptors (Lipinski definition) is 0. The Morgan fingerprint density at radius 1 is 1.57 bits per heavy atom. The highest BCUT2D eigenvalue weighted by atomic mass is 79.9. The fourth-order valence-corrected chi connectivity index (χ4v) is 2.03. The summed E-state index contributed by atoms with van der Waals surface area (Å²) in [5.41, 5.74) is 0. The largest absolute Gasteiger partial charge is 0.108 e. The molecule has 1 atom stereocenters. The quantitative estimate of drug-likeness (QED) is 0.649. The molecule has 0 saturated carbocycles. The van der Waals surface area contributed by atoms with Crippen molar-refractivity contribution in [1.82, 2.24) is 0 Å². The molecule has 0 radical (unpaired) electrons. The van der Waals surface area contributed by atoms with Crippen LogP contribution in [0.5, 0.6) is 0 Å². The molecular weight excluding hydrogens is 311 g/mol. The molecule has 0 aromatic rings. The third kappa shape index (κ3) is 7.47. The van der Waals surface area contributed by atoms with E-state index < -0.39 is 0 Å². The molecule has 0 heterocycles. The number of alkyl halides is 2. The highest BCUT2D eigenvalue weighted by Gasteiger charge is 1.89. The lowest BCUT2D eigenvalue weighted by atomic mass is 10.8. The number of hydrogen-bond donors (Lipinski definition) is 0. The molecule has 0 fully saturated rings. The van der Waals surface area contributed by atoms with Crippen LogP contribution in [0.2, 0.25) is 0 Å². The van der Waals surface area contributed by atoms with E-state index >= 15 is 0 Å². The van der Waals surface area contributed by atoms with Gasteiger partial charge in [-0.3, -0.25) is 0 Å². The Morgan fingerprint density at radius 2 is 2.00 bits per heavy atom. The molecule has 0 aliphatic carbocycles. The van der Waals surface area contributed by atoms with Crippen LogP contribution >= 0.6 is 59.4 Å². The van der Waals surface area contributed by atoms with Gasteiger partial charge in [-0.1, -0.05) is 15.9 Å². The smallest absolute Gasteiger partial charge is 0.106 e. The van der Waals surface area contributed by atoms with E-state index in [9.17, 15) is 0 Å². The van der Waals surface area contributed by atoms with Gasteiger partial charge in [-0.2, -0.15) is 0 Å². The predicted octanol–water partition coefficient (Wildman–Crippen LogP) is 3.58. The molecule has 0 amide bonds. The van der Waals surface area contributed by atoms with Gasteiger partial charge in [-0.25, -0.2) is 0 Å². The van der Waals surface area contributed by atoms with E-state index in [1.807, 2.05) is 0 Å². The second-order valence-corrected chi connectivity index (χ2v) is 5.55. The zero-order valence-corrected chi connectivity index (χ0v) is 8.68. The third-order valence-electron chi connectivity index (χ3n) is 0.252. The summed E-state index contributed by atoms with van der Waals surface area (Å²) in [6.07, 6.45) is 1.77. The fourth-order valence-electron chi connectivity index (χ4n) is 0.0952. The first-order chi connectivity index (χ1) is 3.13. The van der Waals surface area contributed by atoms with Crippen LogP contribution in [0.25, 0.3) is 0 Å². The molecule has 0 rings (SSSR count). The molecule has 0 N–H and O–H groups in total. The molecule has 42 valence electrons. The highest BCUT2D eigenvalue weighted by Crippen LogP contribution is 2.18. The van der Waals surface area contributed by atoms with Crippen molar-refractivity contribution in [3.05, 3.63) is 9.47 Å². The number of rotatable bonds is 1. The minimum atomic E-state index is -0.0961. The Labute approximate surface area is 72.7 Å². The molecule has 0 aliphatic rings. The van der Waals surface area contributed by atoms with Crippen molar-refractivity contribution in [3.63, 3.8) is 0 Å². The lowest BCUT2D eigenvalue weighted by Gasteiger charge is -1.85. The van der Waals surface area contributed by atoms with Crippen molar-refractivity contribution in [1.29, 1.82) is 0 Å². The van der Waals surface area contributed by atoms with Crippen LogP contribution in [0.1, 0.15) is 0 Å². The van der Waals surface area contributed by atoms with E-state index in [0.29, 0.717) is 0 Å². The SMILES string of the molecule is ClC(Br)C=C(Br)Br. The van der Waals surface area contributed by atoms with Gasteiger partial charge in [-0.05, 0) is 37.9 Å². The second-order valence-electron chi connectivity index (χ2n) is 0.791. The normalized spacial score (nSPS) is 13.1. The van der Waals surface area contributed by atoms with Crippen LogP contribution in [-0.4, -0.2) is 4.29 Å². The van der Waals surface area contributed by atoms with Crippen molar-refractivity contribution in [2.75, 3.05) is 0 Å². The van der Waals surface area contributed by atoms with Gasteiger partial charge in [0.25, 0.3) is 0 Å². The molecule has 0 bridgehead atoms. The summed E-state index contributed by atoms with van der Waals surface area (Å²) in [5, 5.41) is 0. The van der Waals surface area contributed by atoms with Crippen LogP contribution < -0.4 is 0 Å². The summed E-state index contributed by atoms with van der Waals surface area (Å²) < 4.78 is 0.762. The Bertz CT molecular complexity index is 74.2. The molecule has 4 heteroatoms. The fraction of sp³-hybridized carbons (Fsp3) is 0.333. The van der Waals surface area contributed by atoms with Gasteiger partial charge in [0, 0.05) is 0 Å². The first-order valence-corrected chi connectivity index (χ1v) is 4.37. The van der Waals surface area contributed by atoms with Gasteiger partial charge in [0.15, 0.2) is 0 Å². The molecule has 1 unspecified atom stereocenters. The summed E-state index contributed by atoms with van der Waals surface area (Å²) in [5.74, 6) is 0. The van der Waals surface area contributed by atoms with Gasteiger partial charge in [-0.15, -0.1) is 11.6 Å². The highest BCUT2D eigenvalue weighted by molar-refractivity contribution is 9.28. The Morgan fingerprint density at radius 3 is 2.00 bits per heavy atom. The van der Waals surface area contributed by atoms with E-state index in [2.05, 4.69) is 47.8 Å². The second kappa shape index (κ2) is 4.36. The van der Waals surface area contributed by atoms with Crippen LogP contribution in [0.4, 0.5) is 0 Å². The maximum atomic E-state index is 5.45. The monoisotopic (exact) mass is 310 g/mol. The molecule has 0 spiro atoms. The zero-order valence-electron chi connectivity index (χ0n) is 3.17. The van der Waals surface area contributed by atoms with Gasteiger partial charge in [0.1, 0.15) is 4.29 Å². The van der Waals surface area contributed by atoms with Crippen molar-refractivity contribution < 1.29 is 0 Å². The summed E-state index contributed by atoms with van der Waals surface area (Å²) in [4.78, 5) is 0. The third-order valence-corrected chi connectivity index (χ3v) is 1.17. The standard InChI is InChI=1S/C3H2Br3Cl/c4-2(5)1-3(6)7/h1,3H.